The smallest absolute Gasteiger partial charge is 0.243 e. The van der Waals surface area contributed by atoms with Gasteiger partial charge < -0.3 is 130 Å². The summed E-state index contributed by atoms with van der Waals surface area (Å²) in [6.07, 6.45) is 1.17. The summed E-state index contributed by atoms with van der Waals surface area (Å²) in [6, 6.07) is -2.23. The lowest BCUT2D eigenvalue weighted by Gasteiger charge is -2.29. The quantitative estimate of drug-likeness (QED) is 0.0145. The number of nitrogens with one attached hydrogen (secondary N) is 21. The first kappa shape index (κ1) is 107. The molecule has 0 spiro atoms. The number of fused-ring (bicyclic) bond motifs is 1. The number of hydrogen-bond acceptors (Lipinski definition) is 20. The molecule has 0 saturated heterocycles. The molecular formula is C83H137N27O16. The van der Waals surface area contributed by atoms with Gasteiger partial charge in [-0.3, -0.25) is 92.9 Å². The Morgan fingerprint density at radius 3 is 1.21 bits per heavy atom. The number of guanidine groups is 3. The van der Waals surface area contributed by atoms with Crippen LogP contribution in [0.4, 0.5) is 0 Å². The molecule has 0 aliphatic carbocycles. The molecule has 0 aliphatic rings. The van der Waals surface area contributed by atoms with Gasteiger partial charge >= 0.3 is 0 Å². The standard InChI is InChI=1S/C83H137N27O16/c1-14-47(12)67(80(126)102-54(28-21-31-94-82(89)90)71(117)98-48(13)69(115)109-65(45(8)9)79(125)107-58(35-44(6)7)74(120)106-61(38-62(85)111)77(123)110-66(46(10)11)78(124)103-56(68(86)114)33-42(2)3)108-64(113)41-97-70(116)53(27-20-30-93-81(87)88)100-75(121)59(36-49-23-16-15-17-24-49)105-73(119)57(34-43(4)5)104-72(118)55(29-22-32-95-83(91)92)101-76(122)60(99-63(112)39-84)37-50-40-96-52-26-19-18-25-51(50)52/h15-19,23-26,40,42-48,53-61,65-67,96H,14,20-22,27-39,41,84H2,1-13H3,(H2,85,111)(H2,86,114)(H,97,116)(H,98,117)(H,99,112)(H,100,121)(H,101,122)(H,102,126)(H,103,124)(H,104,118)(H,105,119)(H,106,120)(H,107,125)(H,108,113)(H,109,115)(H,110,123)(H4,87,88,93)(H4,89,90,94)(H4,91,92,95)/t47-,48-,53-,54-,55-,56-,57-,58-,59-,60-,61-,65-,66-,67-/m0/s1. The summed E-state index contributed by atoms with van der Waals surface area (Å²) < 4.78 is 0. The number of hydrogen-bond donors (Lipinski definition) is 27. The van der Waals surface area contributed by atoms with Gasteiger partial charge in [0.05, 0.1) is 19.5 Å². The normalized spacial score (nSPS) is 14.6. The van der Waals surface area contributed by atoms with Gasteiger partial charge in [0.15, 0.2) is 17.9 Å². The molecule has 0 saturated carbocycles. The topological polar surface area (TPSA) is 721 Å². The Balaban J connectivity index is 1.91. The van der Waals surface area contributed by atoms with E-state index in [9.17, 15) is 76.7 Å². The van der Waals surface area contributed by atoms with E-state index in [0.29, 0.717) is 11.1 Å². The fourth-order valence-corrected chi connectivity index (χ4v) is 13.3. The van der Waals surface area contributed by atoms with Gasteiger partial charge in [-0.2, -0.15) is 0 Å². The second-order valence-corrected chi connectivity index (χ2v) is 33.3. The Hall–Kier alpha value is -12.7. The molecule has 1 heterocycles. The molecule has 3 aromatic rings. The monoisotopic (exact) mass is 1770 g/mol. The van der Waals surface area contributed by atoms with Gasteiger partial charge in [-0.15, -0.1) is 0 Å². The minimum Gasteiger partial charge on any atom is -0.370 e. The van der Waals surface area contributed by atoms with E-state index >= 15 is 0 Å². The minimum absolute atomic E-state index is 0.00222. The number of H-pyrrole nitrogens is 1. The molecule has 3 rings (SSSR count). The van der Waals surface area contributed by atoms with Crippen LogP contribution in [-0.2, 0) is 89.6 Å². The Bertz CT molecular complexity index is 4200. The number of benzene rings is 2. The van der Waals surface area contributed by atoms with E-state index in [4.69, 9.17) is 50.6 Å². The fourth-order valence-electron chi connectivity index (χ4n) is 13.3. The second kappa shape index (κ2) is 54.8. The Morgan fingerprint density at radius 1 is 0.373 bits per heavy atom. The van der Waals surface area contributed by atoms with Crippen molar-refractivity contribution in [3.8, 4) is 0 Å². The molecule has 1 aromatic heterocycles. The molecule has 126 heavy (non-hydrogen) atoms. The highest BCUT2D eigenvalue weighted by Gasteiger charge is 2.39. The Morgan fingerprint density at radius 2 is 0.754 bits per heavy atom. The zero-order valence-electron chi connectivity index (χ0n) is 74.5. The average molecular weight is 1770 g/mol. The first-order valence-corrected chi connectivity index (χ1v) is 42.6. The van der Waals surface area contributed by atoms with Crippen LogP contribution in [0.1, 0.15) is 172 Å². The van der Waals surface area contributed by atoms with Crippen LogP contribution in [0.3, 0.4) is 0 Å². The molecule has 0 unspecified atom stereocenters. The molecule has 14 atom stereocenters. The molecule has 0 aliphatic heterocycles. The van der Waals surface area contributed by atoms with Crippen LogP contribution in [-0.4, -0.2) is 229 Å². The highest BCUT2D eigenvalue weighted by Crippen LogP contribution is 2.21. The Labute approximate surface area is 735 Å². The third-order valence-corrected chi connectivity index (χ3v) is 20.3. The molecule has 0 bridgehead atoms. The third-order valence-electron chi connectivity index (χ3n) is 20.3. The van der Waals surface area contributed by atoms with Crippen LogP contribution in [0, 0.1) is 51.7 Å². The molecule has 700 valence electrons. The predicted molar refractivity (Wildman–Crippen MR) is 473 cm³/mol. The lowest BCUT2D eigenvalue weighted by molar-refractivity contribution is -0.137. The summed E-state index contributed by atoms with van der Waals surface area (Å²) in [7, 11) is 0. The van der Waals surface area contributed by atoms with Crippen molar-refractivity contribution in [2.45, 2.75) is 252 Å². The number of carbonyl (C=O) groups excluding carboxylic acids is 16. The summed E-state index contributed by atoms with van der Waals surface area (Å²) in [4.78, 5) is 227. The number of aromatic amines is 1. The molecule has 43 heteroatoms. The van der Waals surface area contributed by atoms with Gasteiger partial charge in [-0.05, 0) is 117 Å². The van der Waals surface area contributed by atoms with Gasteiger partial charge in [0.2, 0.25) is 94.5 Å². The molecule has 0 radical (unpaired) electrons. The van der Waals surface area contributed by atoms with Gasteiger partial charge in [0.1, 0.15) is 78.5 Å². The SMILES string of the molecule is CC[C@H](C)[C@H](NC(=O)CNC(=O)[C@H](CCCNC(=N)N)NC(=O)[C@H](Cc1ccccc1)NC(=O)[C@H](CC(C)C)NC(=O)[C@H](CCCNC(=N)N)NC(=O)[C@H](Cc1c[nH]c2ccccc12)NC(=O)CN)C(=O)N[C@@H](CCCNC(=N)N)C(=O)N[C@@H](C)C(=O)N[C@H](C(=O)N[C@@H](CC(C)C)C(=O)N[C@@H](CC(N)=O)C(=O)N[C@H](C(=O)N[C@@H](CC(C)C)C(N)=O)C(C)C)C(C)C. The predicted octanol–water partition coefficient (Wildman–Crippen LogP) is -4.00. The van der Waals surface area contributed by atoms with Crippen molar-refractivity contribution >= 4 is 123 Å². The summed E-state index contributed by atoms with van der Waals surface area (Å²) in [5, 5.41) is 68.5. The van der Waals surface area contributed by atoms with Crippen molar-refractivity contribution in [2.75, 3.05) is 32.7 Å². The molecule has 0 fully saturated rings. The first-order valence-electron chi connectivity index (χ1n) is 42.6. The van der Waals surface area contributed by atoms with Crippen LogP contribution in [0.25, 0.3) is 10.9 Å². The van der Waals surface area contributed by atoms with Crippen molar-refractivity contribution in [2.24, 2.45) is 69.9 Å². The minimum atomic E-state index is -1.67. The van der Waals surface area contributed by atoms with E-state index in [1.807, 2.05) is 38.1 Å². The van der Waals surface area contributed by atoms with E-state index in [1.165, 1.54) is 6.92 Å². The molecule has 16 amide bonds. The summed E-state index contributed by atoms with van der Waals surface area (Å²) >= 11 is 0. The zero-order valence-corrected chi connectivity index (χ0v) is 74.5. The number of para-hydroxylation sites is 1. The number of amides is 16. The number of rotatable bonds is 57. The van der Waals surface area contributed by atoms with Crippen LogP contribution >= 0.6 is 0 Å². The van der Waals surface area contributed by atoms with Crippen LogP contribution < -0.4 is 125 Å². The van der Waals surface area contributed by atoms with E-state index in [1.54, 1.807) is 106 Å². The molecule has 43 nitrogen and oxygen atoms in total. The number of carbonyl (C=O) groups is 16. The van der Waals surface area contributed by atoms with Crippen molar-refractivity contribution in [3.05, 3.63) is 71.9 Å². The van der Waals surface area contributed by atoms with Crippen LogP contribution in [0.2, 0.25) is 0 Å². The van der Waals surface area contributed by atoms with Gasteiger partial charge in [-0.25, -0.2) is 0 Å². The fraction of sp³-hybridized carbons (Fsp3) is 0.602. The van der Waals surface area contributed by atoms with E-state index < -0.39 is 222 Å². The number of primary amides is 2. The van der Waals surface area contributed by atoms with E-state index in [-0.39, 0.29) is 120 Å². The number of nitrogens with two attached hydrogens (primary N) is 6. The maximum absolute atomic E-state index is 14.9. The van der Waals surface area contributed by atoms with Gasteiger partial charge in [0.25, 0.3) is 0 Å². The average Bonchev–Trinajstić information content (AvgIpc) is 1.66. The van der Waals surface area contributed by atoms with Crippen molar-refractivity contribution in [3.63, 3.8) is 0 Å². The van der Waals surface area contributed by atoms with Crippen LogP contribution in [0.5, 0.6) is 0 Å². The molecule has 2 aromatic carbocycles. The molecular weight excluding hydrogens is 1630 g/mol. The molecule has 33 N–H and O–H groups in total. The van der Waals surface area contributed by atoms with Gasteiger partial charge in [-0.1, -0.05) is 138 Å². The van der Waals surface area contributed by atoms with Crippen molar-refractivity contribution in [1.29, 1.82) is 16.2 Å². The maximum Gasteiger partial charge on any atom is 0.243 e. The lowest BCUT2D eigenvalue weighted by atomic mass is 9.97. The van der Waals surface area contributed by atoms with Crippen LogP contribution in [0.15, 0.2) is 60.8 Å². The Kier molecular flexibility index (Phi) is 46.7. The maximum atomic E-state index is 14.9. The third kappa shape index (κ3) is 39.4. The largest absolute Gasteiger partial charge is 0.370 e. The second-order valence-electron chi connectivity index (χ2n) is 33.3. The van der Waals surface area contributed by atoms with Gasteiger partial charge in [0, 0.05) is 49.6 Å². The van der Waals surface area contributed by atoms with Crippen molar-refractivity contribution in [1.82, 2.24) is 95.4 Å². The van der Waals surface area contributed by atoms with E-state index in [2.05, 4.69) is 95.4 Å². The summed E-state index contributed by atoms with van der Waals surface area (Å²) in [5.41, 5.74) is 35.4. The lowest BCUT2D eigenvalue weighted by Crippen LogP contribution is -2.61. The highest BCUT2D eigenvalue weighted by atomic mass is 16.2. The van der Waals surface area contributed by atoms with Crippen molar-refractivity contribution < 1.29 is 76.7 Å². The summed E-state index contributed by atoms with van der Waals surface area (Å²) in [5.74, 6) is -17.6. The zero-order chi connectivity index (χ0) is 94.8. The highest BCUT2D eigenvalue weighted by molar-refractivity contribution is 6.01. The summed E-state index contributed by atoms with van der Waals surface area (Å²) in [6.45, 7) is 20.6. The number of aromatic nitrogens is 1. The first-order chi connectivity index (χ1) is 59.2. The van der Waals surface area contributed by atoms with E-state index in [0.717, 1.165) is 10.9 Å².